The van der Waals surface area contributed by atoms with Crippen molar-refractivity contribution in [3.05, 3.63) is 51.1 Å². The number of nitrogens with one attached hydrogen (secondary N) is 1. The minimum atomic E-state index is -0.243. The predicted molar refractivity (Wildman–Crippen MR) is 82.8 cm³/mol. The second-order valence-corrected chi connectivity index (χ2v) is 5.23. The highest BCUT2D eigenvalue weighted by atomic mass is 16.1. The molecule has 0 spiro atoms. The van der Waals surface area contributed by atoms with Crippen molar-refractivity contribution in [2.75, 3.05) is 5.32 Å². The normalized spacial score (nSPS) is 10.7. The second-order valence-electron chi connectivity index (χ2n) is 5.23. The Kier molecular flexibility index (Phi) is 3.93. The van der Waals surface area contributed by atoms with Crippen LogP contribution in [-0.2, 0) is 13.5 Å². The van der Waals surface area contributed by atoms with Gasteiger partial charge in [-0.25, -0.2) is 9.78 Å². The summed E-state index contributed by atoms with van der Waals surface area (Å²) in [6, 6.07) is 4.28. The van der Waals surface area contributed by atoms with Crippen LogP contribution in [0.2, 0.25) is 0 Å². The Bertz CT molecular complexity index is 678. The summed E-state index contributed by atoms with van der Waals surface area (Å²) >= 11 is 0. The molecule has 0 aliphatic rings. The average molecular weight is 271 g/mol. The Hall–Kier alpha value is -2.10. The number of anilines is 2. The van der Waals surface area contributed by atoms with E-state index in [1.165, 1.54) is 16.7 Å². The first kappa shape index (κ1) is 14.3. The van der Waals surface area contributed by atoms with E-state index >= 15 is 0 Å². The Balaban J connectivity index is 2.56. The van der Waals surface area contributed by atoms with Gasteiger partial charge in [-0.1, -0.05) is 24.6 Å². The Labute approximate surface area is 119 Å². The molecule has 0 radical (unpaired) electrons. The molecule has 1 heterocycles. The van der Waals surface area contributed by atoms with Gasteiger partial charge in [0.1, 0.15) is 5.82 Å². The van der Waals surface area contributed by atoms with Gasteiger partial charge in [-0.3, -0.25) is 4.57 Å². The molecule has 20 heavy (non-hydrogen) atoms. The second kappa shape index (κ2) is 5.49. The summed E-state index contributed by atoms with van der Waals surface area (Å²) in [6.07, 6.45) is 2.48. The quantitative estimate of drug-likeness (QED) is 0.933. The number of nitrogens with zero attached hydrogens (tertiary/aromatic N) is 2. The summed E-state index contributed by atoms with van der Waals surface area (Å²) in [5, 5.41) is 3.42. The summed E-state index contributed by atoms with van der Waals surface area (Å²) in [7, 11) is 1.75. The predicted octanol–water partition coefficient (Wildman–Crippen LogP) is 3.01. The summed E-state index contributed by atoms with van der Waals surface area (Å²) < 4.78 is 1.57. The van der Waals surface area contributed by atoms with Gasteiger partial charge < -0.3 is 5.32 Å². The molecular weight excluding hydrogens is 250 g/mol. The van der Waals surface area contributed by atoms with Crippen molar-refractivity contribution in [1.82, 2.24) is 9.55 Å². The van der Waals surface area contributed by atoms with Crippen molar-refractivity contribution < 1.29 is 0 Å². The average Bonchev–Trinajstić information content (AvgIpc) is 2.38. The van der Waals surface area contributed by atoms with Crippen molar-refractivity contribution in [2.24, 2.45) is 7.05 Å². The van der Waals surface area contributed by atoms with E-state index in [4.69, 9.17) is 0 Å². The van der Waals surface area contributed by atoms with Gasteiger partial charge in [0.2, 0.25) is 0 Å². The van der Waals surface area contributed by atoms with E-state index in [0.717, 1.165) is 23.5 Å². The minimum absolute atomic E-state index is 0.243. The molecule has 0 unspecified atom stereocenters. The van der Waals surface area contributed by atoms with Crippen molar-refractivity contribution in [2.45, 2.75) is 34.1 Å². The first-order valence-corrected chi connectivity index (χ1v) is 6.83. The first-order chi connectivity index (χ1) is 9.43. The molecular formula is C16H21N3O. The number of aryl methyl sites for hydroxylation is 4. The third kappa shape index (κ3) is 2.59. The standard InChI is InChI=1S/C16H21N3O/c1-6-13-9-17-16(20)19(5)15(13)18-14-11(3)7-10(2)8-12(14)4/h7-9,18H,6H2,1-5H3. The van der Waals surface area contributed by atoms with Crippen molar-refractivity contribution in [3.8, 4) is 0 Å². The molecule has 2 rings (SSSR count). The lowest BCUT2D eigenvalue weighted by molar-refractivity contribution is 0.802. The maximum Gasteiger partial charge on any atom is 0.348 e. The molecule has 1 aromatic heterocycles. The van der Waals surface area contributed by atoms with E-state index in [1.54, 1.807) is 17.8 Å². The molecule has 0 aliphatic heterocycles. The summed E-state index contributed by atoms with van der Waals surface area (Å²) in [6.45, 7) is 8.30. The number of benzene rings is 1. The maximum atomic E-state index is 11.7. The topological polar surface area (TPSA) is 46.9 Å². The fourth-order valence-electron chi connectivity index (χ4n) is 2.51. The van der Waals surface area contributed by atoms with E-state index < -0.39 is 0 Å². The van der Waals surface area contributed by atoms with Crippen LogP contribution in [0.4, 0.5) is 11.5 Å². The van der Waals surface area contributed by atoms with Gasteiger partial charge >= 0.3 is 5.69 Å². The molecule has 0 saturated carbocycles. The van der Waals surface area contributed by atoms with Gasteiger partial charge in [0, 0.05) is 24.5 Å². The lowest BCUT2D eigenvalue weighted by Gasteiger charge is -2.18. The van der Waals surface area contributed by atoms with Crippen LogP contribution < -0.4 is 11.0 Å². The van der Waals surface area contributed by atoms with Crippen LogP contribution in [0.15, 0.2) is 23.1 Å². The largest absolute Gasteiger partial charge is 0.348 e. The van der Waals surface area contributed by atoms with Crippen LogP contribution in [0.1, 0.15) is 29.2 Å². The molecule has 0 fully saturated rings. The Morgan fingerprint density at radius 1 is 1.20 bits per heavy atom. The minimum Gasteiger partial charge on any atom is -0.341 e. The third-order valence-corrected chi connectivity index (χ3v) is 3.56. The van der Waals surface area contributed by atoms with E-state index in [-0.39, 0.29) is 5.69 Å². The Morgan fingerprint density at radius 2 is 1.80 bits per heavy atom. The van der Waals surface area contributed by atoms with Crippen LogP contribution in [0.3, 0.4) is 0 Å². The maximum absolute atomic E-state index is 11.7. The zero-order valence-electron chi connectivity index (χ0n) is 12.7. The molecule has 0 saturated heterocycles. The van der Waals surface area contributed by atoms with Gasteiger partial charge in [-0.05, 0) is 38.3 Å². The van der Waals surface area contributed by atoms with Gasteiger partial charge in [-0.2, -0.15) is 0 Å². The molecule has 4 nitrogen and oxygen atoms in total. The van der Waals surface area contributed by atoms with Crippen LogP contribution in [0.25, 0.3) is 0 Å². The summed E-state index contributed by atoms with van der Waals surface area (Å²) in [5.41, 5.74) is 5.44. The number of hydrogen-bond donors (Lipinski definition) is 1. The van der Waals surface area contributed by atoms with E-state index in [2.05, 4.69) is 50.1 Å². The van der Waals surface area contributed by atoms with Crippen molar-refractivity contribution in [1.29, 1.82) is 0 Å². The summed E-state index contributed by atoms with van der Waals surface area (Å²) in [4.78, 5) is 15.6. The SMILES string of the molecule is CCc1cnc(=O)n(C)c1Nc1c(C)cc(C)cc1C. The number of aromatic nitrogens is 2. The van der Waals surface area contributed by atoms with Gasteiger partial charge in [-0.15, -0.1) is 0 Å². The molecule has 0 aliphatic carbocycles. The molecule has 1 aromatic carbocycles. The van der Waals surface area contributed by atoms with Crippen LogP contribution >= 0.6 is 0 Å². The lowest BCUT2D eigenvalue weighted by atomic mass is 10.0. The zero-order valence-corrected chi connectivity index (χ0v) is 12.7. The third-order valence-electron chi connectivity index (χ3n) is 3.56. The fourth-order valence-corrected chi connectivity index (χ4v) is 2.51. The highest BCUT2D eigenvalue weighted by Crippen LogP contribution is 2.26. The molecule has 4 heteroatoms. The summed E-state index contributed by atoms with van der Waals surface area (Å²) in [5.74, 6) is 0.822. The van der Waals surface area contributed by atoms with Crippen LogP contribution in [0.5, 0.6) is 0 Å². The van der Waals surface area contributed by atoms with E-state index in [0.29, 0.717) is 0 Å². The lowest BCUT2D eigenvalue weighted by Crippen LogP contribution is -2.23. The smallest absolute Gasteiger partial charge is 0.341 e. The monoisotopic (exact) mass is 271 g/mol. The zero-order chi connectivity index (χ0) is 14.9. The van der Waals surface area contributed by atoms with Gasteiger partial charge in [0.05, 0.1) is 0 Å². The first-order valence-electron chi connectivity index (χ1n) is 6.83. The van der Waals surface area contributed by atoms with Gasteiger partial charge in [0.15, 0.2) is 0 Å². The Morgan fingerprint density at radius 3 is 2.35 bits per heavy atom. The van der Waals surface area contributed by atoms with Gasteiger partial charge in [0.25, 0.3) is 0 Å². The molecule has 0 atom stereocenters. The number of rotatable bonds is 3. The molecule has 2 aromatic rings. The highest BCUT2D eigenvalue weighted by Gasteiger charge is 2.10. The highest BCUT2D eigenvalue weighted by molar-refractivity contribution is 5.67. The van der Waals surface area contributed by atoms with Crippen LogP contribution in [-0.4, -0.2) is 9.55 Å². The molecule has 106 valence electrons. The fraction of sp³-hybridized carbons (Fsp3) is 0.375. The van der Waals surface area contributed by atoms with E-state index in [1.807, 2.05) is 0 Å². The van der Waals surface area contributed by atoms with Crippen molar-refractivity contribution in [3.63, 3.8) is 0 Å². The van der Waals surface area contributed by atoms with Crippen molar-refractivity contribution >= 4 is 11.5 Å². The van der Waals surface area contributed by atoms with E-state index in [9.17, 15) is 4.79 Å². The molecule has 0 bridgehead atoms. The molecule has 1 N–H and O–H groups in total. The van der Waals surface area contributed by atoms with Crippen LogP contribution in [0, 0.1) is 20.8 Å². The molecule has 0 amide bonds. The number of hydrogen-bond acceptors (Lipinski definition) is 3.